The van der Waals surface area contributed by atoms with Gasteiger partial charge in [-0.25, -0.2) is 0 Å². The molecule has 1 heterocycles. The normalized spacial score (nSPS) is 23.7. The van der Waals surface area contributed by atoms with Gasteiger partial charge in [-0.05, 0) is 44.9 Å². The summed E-state index contributed by atoms with van der Waals surface area (Å²) in [6.45, 7) is 3.81. The van der Waals surface area contributed by atoms with Crippen LogP contribution in [0.15, 0.2) is 48.6 Å². The summed E-state index contributed by atoms with van der Waals surface area (Å²) in [6, 6.07) is 0. The molecular formula is C34H58O9. The molecule has 1 rings (SSSR count). The summed E-state index contributed by atoms with van der Waals surface area (Å²) in [4.78, 5) is 11.8. The molecule has 9 heteroatoms. The Morgan fingerprint density at radius 3 is 1.93 bits per heavy atom. The van der Waals surface area contributed by atoms with E-state index >= 15 is 0 Å². The van der Waals surface area contributed by atoms with Gasteiger partial charge in [0.2, 0.25) is 0 Å². The Kier molecular flexibility index (Phi) is 24.2. The quantitative estimate of drug-likeness (QED) is 0.0635. The van der Waals surface area contributed by atoms with Gasteiger partial charge in [0.15, 0.2) is 6.29 Å². The number of aliphatic hydroxyl groups is 4. The van der Waals surface area contributed by atoms with Gasteiger partial charge in [0.1, 0.15) is 30.5 Å². The van der Waals surface area contributed by atoms with E-state index in [0.29, 0.717) is 6.61 Å². The van der Waals surface area contributed by atoms with Crippen molar-refractivity contribution in [2.75, 3.05) is 26.4 Å². The number of carbonyl (C=O) groups excluding carboxylic acids is 1. The smallest absolute Gasteiger partial charge is 0.305 e. The minimum atomic E-state index is -1.53. The summed E-state index contributed by atoms with van der Waals surface area (Å²) in [7, 11) is 0. The van der Waals surface area contributed by atoms with E-state index < -0.39 is 49.4 Å². The minimum absolute atomic E-state index is 0.125. The largest absolute Gasteiger partial charge is 0.457 e. The van der Waals surface area contributed by atoms with E-state index in [1.54, 1.807) is 6.92 Å². The monoisotopic (exact) mass is 610 g/mol. The fourth-order valence-electron chi connectivity index (χ4n) is 4.46. The van der Waals surface area contributed by atoms with Gasteiger partial charge in [-0.1, -0.05) is 94.6 Å². The first-order valence-electron chi connectivity index (χ1n) is 16.2. The van der Waals surface area contributed by atoms with Crippen molar-refractivity contribution in [2.24, 2.45) is 0 Å². The van der Waals surface area contributed by atoms with Crippen LogP contribution >= 0.6 is 0 Å². The average molecular weight is 611 g/mol. The van der Waals surface area contributed by atoms with Gasteiger partial charge in [-0.2, -0.15) is 0 Å². The molecule has 1 aliphatic rings. The Labute approximate surface area is 259 Å². The van der Waals surface area contributed by atoms with Crippen LogP contribution in [0.3, 0.4) is 0 Å². The van der Waals surface area contributed by atoms with Crippen molar-refractivity contribution in [1.82, 2.24) is 0 Å². The molecule has 0 aliphatic carbocycles. The highest BCUT2D eigenvalue weighted by Gasteiger charge is 2.44. The third-order valence-electron chi connectivity index (χ3n) is 7.06. The fraction of sp³-hybridized carbons (Fsp3) is 0.735. The number of ether oxygens (including phenoxy) is 4. The first-order valence-corrected chi connectivity index (χ1v) is 16.2. The standard InChI is InChI=1S/C34H58O9/c1-3-5-6-7-8-9-10-11-12-13-14-15-16-17-18-19-20-21-22-23-24-40-26-28(42-30(36)4-2)27-41-34-33(39)32(38)31(37)29(25-35)43-34/h5-6,8-9,11-12,14-15,28-29,31-35,37-39H,3-4,7,10,13,16-27H2,1-2H3/b6-5-,9-8-,12-11-,15-14-. The zero-order valence-corrected chi connectivity index (χ0v) is 26.4. The fourth-order valence-corrected chi connectivity index (χ4v) is 4.46. The number of esters is 1. The lowest BCUT2D eigenvalue weighted by Gasteiger charge is -2.39. The lowest BCUT2D eigenvalue weighted by molar-refractivity contribution is -0.305. The van der Waals surface area contributed by atoms with Crippen LogP contribution in [-0.4, -0.2) is 89.6 Å². The first-order chi connectivity index (χ1) is 20.9. The summed E-state index contributed by atoms with van der Waals surface area (Å²) >= 11 is 0. The molecule has 6 unspecified atom stereocenters. The highest BCUT2D eigenvalue weighted by molar-refractivity contribution is 5.69. The highest BCUT2D eigenvalue weighted by atomic mass is 16.7. The zero-order valence-electron chi connectivity index (χ0n) is 26.4. The SMILES string of the molecule is CC/C=C\C/C=C\C/C=C\C/C=C\CCCCCCCCCOCC(COC1OC(CO)C(O)C(O)C1O)OC(=O)CC. The summed E-state index contributed by atoms with van der Waals surface area (Å²) < 4.78 is 22.0. The van der Waals surface area contributed by atoms with Gasteiger partial charge in [-0.15, -0.1) is 0 Å². The molecule has 0 bridgehead atoms. The van der Waals surface area contributed by atoms with Crippen LogP contribution in [0.1, 0.15) is 97.3 Å². The molecule has 9 nitrogen and oxygen atoms in total. The van der Waals surface area contributed by atoms with Crippen LogP contribution in [0.4, 0.5) is 0 Å². The van der Waals surface area contributed by atoms with E-state index in [4.69, 9.17) is 18.9 Å². The number of allylic oxidation sites excluding steroid dienone is 8. The number of aliphatic hydroxyl groups excluding tert-OH is 4. The molecule has 43 heavy (non-hydrogen) atoms. The van der Waals surface area contributed by atoms with Gasteiger partial charge >= 0.3 is 5.97 Å². The Bertz CT molecular complexity index is 793. The molecule has 0 aromatic heterocycles. The maximum Gasteiger partial charge on any atom is 0.305 e. The van der Waals surface area contributed by atoms with E-state index in [-0.39, 0.29) is 19.6 Å². The average Bonchev–Trinajstić information content (AvgIpc) is 3.01. The molecule has 1 aliphatic heterocycles. The molecular weight excluding hydrogens is 552 g/mol. The second-order valence-electron chi connectivity index (χ2n) is 10.8. The van der Waals surface area contributed by atoms with E-state index in [2.05, 4.69) is 55.5 Å². The van der Waals surface area contributed by atoms with Gasteiger partial charge in [0.05, 0.1) is 19.8 Å². The third-order valence-corrected chi connectivity index (χ3v) is 7.06. The molecule has 1 saturated heterocycles. The predicted molar refractivity (Wildman–Crippen MR) is 168 cm³/mol. The Balaban J connectivity index is 2.09. The Morgan fingerprint density at radius 2 is 1.33 bits per heavy atom. The Morgan fingerprint density at radius 1 is 0.744 bits per heavy atom. The summed E-state index contributed by atoms with van der Waals surface area (Å²) in [5.74, 6) is -0.409. The van der Waals surface area contributed by atoms with E-state index in [9.17, 15) is 25.2 Å². The van der Waals surface area contributed by atoms with E-state index in [1.807, 2.05) is 0 Å². The number of rotatable bonds is 25. The molecule has 6 atom stereocenters. The number of carbonyl (C=O) groups is 1. The first kappa shape index (κ1) is 39.2. The summed E-state index contributed by atoms with van der Waals surface area (Å²) in [5, 5.41) is 39.3. The third kappa shape index (κ3) is 19.2. The summed E-state index contributed by atoms with van der Waals surface area (Å²) in [6.07, 6.45) is 23.7. The second kappa shape index (κ2) is 26.5. The van der Waals surface area contributed by atoms with Crippen molar-refractivity contribution in [3.63, 3.8) is 0 Å². The zero-order chi connectivity index (χ0) is 31.5. The number of unbranched alkanes of at least 4 members (excludes halogenated alkanes) is 7. The minimum Gasteiger partial charge on any atom is -0.457 e. The molecule has 1 fully saturated rings. The van der Waals surface area contributed by atoms with Gasteiger partial charge in [0.25, 0.3) is 0 Å². The second-order valence-corrected chi connectivity index (χ2v) is 10.8. The molecule has 248 valence electrons. The molecule has 0 amide bonds. The van der Waals surface area contributed by atoms with Crippen molar-refractivity contribution in [1.29, 1.82) is 0 Å². The van der Waals surface area contributed by atoms with Crippen LogP contribution in [0, 0.1) is 0 Å². The number of hydrogen-bond donors (Lipinski definition) is 4. The molecule has 0 saturated carbocycles. The lowest BCUT2D eigenvalue weighted by Crippen LogP contribution is -2.59. The summed E-state index contributed by atoms with van der Waals surface area (Å²) in [5.41, 5.74) is 0. The van der Waals surface area contributed by atoms with Crippen molar-refractivity contribution >= 4 is 5.97 Å². The number of hydrogen-bond acceptors (Lipinski definition) is 9. The van der Waals surface area contributed by atoms with E-state index in [1.165, 1.54) is 25.7 Å². The molecule has 4 N–H and O–H groups in total. The molecule has 0 radical (unpaired) electrons. The van der Waals surface area contributed by atoms with Crippen molar-refractivity contribution in [3.05, 3.63) is 48.6 Å². The topological polar surface area (TPSA) is 135 Å². The maximum atomic E-state index is 11.8. The highest BCUT2D eigenvalue weighted by Crippen LogP contribution is 2.22. The van der Waals surface area contributed by atoms with Crippen LogP contribution < -0.4 is 0 Å². The molecule has 0 aromatic rings. The van der Waals surface area contributed by atoms with Crippen molar-refractivity contribution in [2.45, 2.75) is 134 Å². The van der Waals surface area contributed by atoms with Gasteiger partial charge < -0.3 is 39.4 Å². The van der Waals surface area contributed by atoms with Gasteiger partial charge in [-0.3, -0.25) is 4.79 Å². The maximum absolute atomic E-state index is 11.8. The molecule has 0 spiro atoms. The van der Waals surface area contributed by atoms with Crippen LogP contribution in [0.2, 0.25) is 0 Å². The lowest BCUT2D eigenvalue weighted by atomic mass is 9.99. The van der Waals surface area contributed by atoms with Crippen molar-refractivity contribution < 1.29 is 44.2 Å². The van der Waals surface area contributed by atoms with Crippen LogP contribution in [0.25, 0.3) is 0 Å². The van der Waals surface area contributed by atoms with Crippen LogP contribution in [-0.2, 0) is 23.7 Å². The predicted octanol–water partition coefficient (Wildman–Crippen LogP) is 5.07. The molecule has 0 aromatic carbocycles. The van der Waals surface area contributed by atoms with Crippen molar-refractivity contribution in [3.8, 4) is 0 Å². The van der Waals surface area contributed by atoms with E-state index in [0.717, 1.165) is 51.4 Å². The van der Waals surface area contributed by atoms with Crippen LogP contribution in [0.5, 0.6) is 0 Å². The van der Waals surface area contributed by atoms with Gasteiger partial charge in [0, 0.05) is 13.0 Å². The Hall–Kier alpha value is -1.85.